The molecule has 4 heteroatoms. The maximum absolute atomic E-state index is 12.5. The monoisotopic (exact) mass is 202 g/mol. The van der Waals surface area contributed by atoms with Gasteiger partial charge in [-0.25, -0.2) is 0 Å². The van der Waals surface area contributed by atoms with Crippen LogP contribution in [0.4, 0.5) is 13.2 Å². The van der Waals surface area contributed by atoms with Crippen molar-refractivity contribution in [3.63, 3.8) is 0 Å². The highest BCUT2D eigenvalue weighted by Crippen LogP contribution is 2.39. The lowest BCUT2D eigenvalue weighted by molar-refractivity contribution is -0.139. The molecule has 1 aromatic carbocycles. The minimum absolute atomic E-state index is 0.0197. The number of para-hydroxylation sites is 1. The molecule has 0 unspecified atom stereocenters. The minimum atomic E-state index is -4.32. The Bertz CT molecular complexity index is 344. The Morgan fingerprint density at radius 2 is 2.00 bits per heavy atom. The van der Waals surface area contributed by atoms with Crippen LogP contribution in [0, 0.1) is 0 Å². The molecule has 0 amide bonds. The summed E-state index contributed by atoms with van der Waals surface area (Å²) in [5, 5.41) is 0. The van der Waals surface area contributed by atoms with Gasteiger partial charge in [0.25, 0.3) is 0 Å². The summed E-state index contributed by atoms with van der Waals surface area (Å²) in [5.41, 5.74) is 0.000718. The first-order chi connectivity index (χ1) is 6.59. The lowest BCUT2D eigenvalue weighted by Gasteiger charge is -2.21. The van der Waals surface area contributed by atoms with E-state index in [9.17, 15) is 13.2 Å². The molecule has 1 aliphatic heterocycles. The summed E-state index contributed by atoms with van der Waals surface area (Å²) < 4.78 is 42.5. The van der Waals surface area contributed by atoms with Crippen molar-refractivity contribution >= 4 is 0 Å². The molecule has 14 heavy (non-hydrogen) atoms. The van der Waals surface area contributed by atoms with E-state index in [0.29, 0.717) is 18.6 Å². The number of hydrogen-bond donors (Lipinski definition) is 0. The molecule has 0 aliphatic carbocycles. The first kappa shape index (κ1) is 9.37. The SMILES string of the molecule is FC(F)(F)c1cccc2c1OCCC2. The van der Waals surface area contributed by atoms with E-state index in [1.807, 2.05) is 0 Å². The van der Waals surface area contributed by atoms with Crippen LogP contribution >= 0.6 is 0 Å². The second kappa shape index (κ2) is 3.19. The highest BCUT2D eigenvalue weighted by atomic mass is 19.4. The number of aryl methyl sites for hydroxylation is 1. The molecule has 76 valence electrons. The zero-order chi connectivity index (χ0) is 10.2. The van der Waals surface area contributed by atoms with Crippen LogP contribution < -0.4 is 4.74 Å². The summed E-state index contributed by atoms with van der Waals surface area (Å²) in [6.07, 6.45) is -2.86. The fraction of sp³-hybridized carbons (Fsp3) is 0.400. The van der Waals surface area contributed by atoms with Gasteiger partial charge in [0.15, 0.2) is 0 Å². The van der Waals surface area contributed by atoms with E-state index in [4.69, 9.17) is 4.74 Å². The molecule has 1 nitrogen and oxygen atoms in total. The van der Waals surface area contributed by atoms with E-state index in [2.05, 4.69) is 0 Å². The van der Waals surface area contributed by atoms with Gasteiger partial charge in [-0.1, -0.05) is 12.1 Å². The Labute approximate surface area is 79.5 Å². The third-order valence-corrected chi connectivity index (χ3v) is 2.24. The summed E-state index contributed by atoms with van der Waals surface area (Å²) >= 11 is 0. The molecule has 0 spiro atoms. The molecule has 1 aliphatic rings. The average Bonchev–Trinajstić information content (AvgIpc) is 2.15. The molecule has 0 bridgehead atoms. The topological polar surface area (TPSA) is 9.23 Å². The van der Waals surface area contributed by atoms with Crippen molar-refractivity contribution in [1.29, 1.82) is 0 Å². The normalized spacial score (nSPS) is 15.9. The summed E-state index contributed by atoms with van der Waals surface area (Å²) in [5.74, 6) is 0.0197. The van der Waals surface area contributed by atoms with Crippen LogP contribution in [0.1, 0.15) is 17.5 Å². The Hall–Kier alpha value is -1.19. The van der Waals surface area contributed by atoms with Crippen LogP contribution in [0.15, 0.2) is 18.2 Å². The van der Waals surface area contributed by atoms with E-state index < -0.39 is 11.7 Å². The molecular formula is C10H9F3O. The number of fused-ring (bicyclic) bond motifs is 1. The summed E-state index contributed by atoms with van der Waals surface area (Å²) in [6.45, 7) is 0.375. The fourth-order valence-corrected chi connectivity index (χ4v) is 1.61. The van der Waals surface area contributed by atoms with Gasteiger partial charge in [-0.15, -0.1) is 0 Å². The molecule has 0 fully saturated rings. The Kier molecular flexibility index (Phi) is 2.13. The van der Waals surface area contributed by atoms with Crippen molar-refractivity contribution in [3.05, 3.63) is 29.3 Å². The van der Waals surface area contributed by atoms with Gasteiger partial charge in [0, 0.05) is 0 Å². The van der Waals surface area contributed by atoms with Gasteiger partial charge in [0.1, 0.15) is 5.75 Å². The molecule has 0 aromatic heterocycles. The predicted octanol–water partition coefficient (Wildman–Crippen LogP) is 3.03. The molecule has 0 atom stereocenters. The zero-order valence-electron chi connectivity index (χ0n) is 7.40. The number of ether oxygens (including phenoxy) is 1. The van der Waals surface area contributed by atoms with Crippen molar-refractivity contribution in [1.82, 2.24) is 0 Å². The number of alkyl halides is 3. The van der Waals surface area contributed by atoms with Gasteiger partial charge in [0.2, 0.25) is 0 Å². The number of benzene rings is 1. The molecule has 0 radical (unpaired) electrons. The van der Waals surface area contributed by atoms with Gasteiger partial charge >= 0.3 is 6.18 Å². The second-order valence-electron chi connectivity index (χ2n) is 3.24. The van der Waals surface area contributed by atoms with E-state index in [1.165, 1.54) is 6.07 Å². The molecule has 0 saturated heterocycles. The van der Waals surface area contributed by atoms with Crippen LogP contribution in [0.2, 0.25) is 0 Å². The standard InChI is InChI=1S/C10H9F3O/c11-10(12,13)8-5-1-3-7-4-2-6-14-9(7)8/h1,3,5H,2,4,6H2. The van der Waals surface area contributed by atoms with Crippen LogP contribution in [0.5, 0.6) is 5.75 Å². The van der Waals surface area contributed by atoms with Gasteiger partial charge in [-0.05, 0) is 24.5 Å². The summed E-state index contributed by atoms with van der Waals surface area (Å²) in [4.78, 5) is 0. The van der Waals surface area contributed by atoms with Crippen LogP contribution in [0.3, 0.4) is 0 Å². The molecular weight excluding hydrogens is 193 g/mol. The van der Waals surface area contributed by atoms with Crippen molar-refractivity contribution in [2.75, 3.05) is 6.61 Å². The highest BCUT2D eigenvalue weighted by molar-refractivity contribution is 5.44. The Balaban J connectivity index is 2.51. The molecule has 1 heterocycles. The average molecular weight is 202 g/mol. The van der Waals surface area contributed by atoms with E-state index in [0.717, 1.165) is 12.5 Å². The molecule has 0 saturated carbocycles. The zero-order valence-corrected chi connectivity index (χ0v) is 7.40. The minimum Gasteiger partial charge on any atom is -0.493 e. The van der Waals surface area contributed by atoms with Crippen LogP contribution in [0.25, 0.3) is 0 Å². The van der Waals surface area contributed by atoms with Crippen LogP contribution in [-0.2, 0) is 12.6 Å². The molecule has 2 rings (SSSR count). The van der Waals surface area contributed by atoms with Crippen molar-refractivity contribution in [3.8, 4) is 5.75 Å². The number of hydrogen-bond acceptors (Lipinski definition) is 1. The molecule has 0 N–H and O–H groups in total. The van der Waals surface area contributed by atoms with Crippen LogP contribution in [-0.4, -0.2) is 6.61 Å². The van der Waals surface area contributed by atoms with Gasteiger partial charge in [-0.2, -0.15) is 13.2 Å². The third-order valence-electron chi connectivity index (χ3n) is 2.24. The first-order valence-electron chi connectivity index (χ1n) is 4.41. The van der Waals surface area contributed by atoms with Crippen molar-refractivity contribution in [2.45, 2.75) is 19.0 Å². The van der Waals surface area contributed by atoms with Crippen molar-refractivity contribution in [2.24, 2.45) is 0 Å². The summed E-state index contributed by atoms with van der Waals surface area (Å²) in [7, 11) is 0. The van der Waals surface area contributed by atoms with E-state index in [-0.39, 0.29) is 5.75 Å². The summed E-state index contributed by atoms with van der Waals surface area (Å²) in [6, 6.07) is 4.17. The lowest BCUT2D eigenvalue weighted by atomic mass is 10.0. The third kappa shape index (κ3) is 1.56. The smallest absolute Gasteiger partial charge is 0.419 e. The van der Waals surface area contributed by atoms with E-state index in [1.54, 1.807) is 6.07 Å². The second-order valence-corrected chi connectivity index (χ2v) is 3.24. The highest BCUT2D eigenvalue weighted by Gasteiger charge is 2.35. The number of halogens is 3. The maximum Gasteiger partial charge on any atom is 0.419 e. The van der Waals surface area contributed by atoms with Gasteiger partial charge in [0.05, 0.1) is 12.2 Å². The maximum atomic E-state index is 12.5. The van der Waals surface area contributed by atoms with Crippen molar-refractivity contribution < 1.29 is 17.9 Å². The Morgan fingerprint density at radius 1 is 1.21 bits per heavy atom. The lowest BCUT2D eigenvalue weighted by Crippen LogP contribution is -2.15. The largest absolute Gasteiger partial charge is 0.493 e. The quantitative estimate of drug-likeness (QED) is 0.628. The van der Waals surface area contributed by atoms with Gasteiger partial charge < -0.3 is 4.74 Å². The predicted molar refractivity (Wildman–Crippen MR) is 45.3 cm³/mol. The van der Waals surface area contributed by atoms with Gasteiger partial charge in [-0.3, -0.25) is 0 Å². The fourth-order valence-electron chi connectivity index (χ4n) is 1.61. The van der Waals surface area contributed by atoms with E-state index >= 15 is 0 Å². The Morgan fingerprint density at radius 3 is 2.71 bits per heavy atom. The molecule has 1 aromatic rings. The first-order valence-corrected chi connectivity index (χ1v) is 4.41. The number of rotatable bonds is 0.